The summed E-state index contributed by atoms with van der Waals surface area (Å²) in [5.74, 6) is 0.104. The summed E-state index contributed by atoms with van der Waals surface area (Å²) < 4.78 is 10.9. The largest absolute Gasteiger partial charge is 0.353 e. The van der Waals surface area contributed by atoms with Crippen LogP contribution in [0.15, 0.2) is 12.1 Å². The molecule has 112 valence electrons. The molecule has 1 rings (SSSR count). The SMILES string of the molecule is CCOC(CCCCC(=O)c1ccc(C=O)s1)OCC. The van der Waals surface area contributed by atoms with Gasteiger partial charge in [0.1, 0.15) is 0 Å². The number of carbonyl (C=O) groups is 2. The third-order valence-corrected chi connectivity index (χ3v) is 3.87. The van der Waals surface area contributed by atoms with E-state index >= 15 is 0 Å². The van der Waals surface area contributed by atoms with Gasteiger partial charge in [-0.2, -0.15) is 0 Å². The van der Waals surface area contributed by atoms with Gasteiger partial charge in [-0.25, -0.2) is 0 Å². The molecule has 0 aliphatic carbocycles. The standard InChI is InChI=1S/C15H22O4S/c1-3-18-15(19-4-2)8-6-5-7-13(17)14-10-9-12(11-16)20-14/h9-11,15H,3-8H2,1-2H3. The van der Waals surface area contributed by atoms with Crippen LogP contribution in [0.2, 0.25) is 0 Å². The van der Waals surface area contributed by atoms with Crippen LogP contribution in [0.25, 0.3) is 0 Å². The van der Waals surface area contributed by atoms with Gasteiger partial charge in [0.25, 0.3) is 0 Å². The molecule has 1 aromatic rings. The molecule has 0 N–H and O–H groups in total. The molecule has 4 nitrogen and oxygen atoms in total. The fraction of sp³-hybridized carbons (Fsp3) is 0.600. The van der Waals surface area contributed by atoms with Crippen LogP contribution < -0.4 is 0 Å². The van der Waals surface area contributed by atoms with E-state index in [1.165, 1.54) is 11.3 Å². The molecule has 0 bridgehead atoms. The Morgan fingerprint density at radius 3 is 2.50 bits per heavy atom. The lowest BCUT2D eigenvalue weighted by atomic mass is 10.1. The Balaban J connectivity index is 2.25. The van der Waals surface area contributed by atoms with Crippen molar-refractivity contribution in [3.63, 3.8) is 0 Å². The molecule has 20 heavy (non-hydrogen) atoms. The molecule has 5 heteroatoms. The number of ether oxygens (including phenoxy) is 2. The predicted octanol–water partition coefficient (Wildman–Crippen LogP) is 3.70. The number of carbonyl (C=O) groups excluding carboxylic acids is 2. The molecule has 0 aromatic carbocycles. The van der Waals surface area contributed by atoms with Gasteiger partial charge in [-0.15, -0.1) is 11.3 Å². The summed E-state index contributed by atoms with van der Waals surface area (Å²) in [4.78, 5) is 23.7. The Bertz CT molecular complexity index is 408. The molecule has 0 saturated heterocycles. The van der Waals surface area contributed by atoms with Crippen LogP contribution in [-0.4, -0.2) is 31.6 Å². The smallest absolute Gasteiger partial charge is 0.172 e. The Morgan fingerprint density at radius 2 is 1.95 bits per heavy atom. The fourth-order valence-corrected chi connectivity index (χ4v) is 2.66. The summed E-state index contributed by atoms with van der Waals surface area (Å²) in [6.07, 6.45) is 3.62. The number of hydrogen-bond donors (Lipinski definition) is 0. The van der Waals surface area contributed by atoms with Gasteiger partial charge in [0.15, 0.2) is 18.4 Å². The maximum Gasteiger partial charge on any atom is 0.172 e. The lowest BCUT2D eigenvalue weighted by Crippen LogP contribution is -2.17. The van der Waals surface area contributed by atoms with Crippen LogP contribution >= 0.6 is 11.3 Å². The normalized spacial score (nSPS) is 10.9. The molecule has 0 spiro atoms. The second-order valence-corrected chi connectivity index (χ2v) is 5.44. The average molecular weight is 298 g/mol. The van der Waals surface area contributed by atoms with Crippen LogP contribution in [0.4, 0.5) is 0 Å². The van der Waals surface area contributed by atoms with Crippen molar-refractivity contribution in [2.24, 2.45) is 0 Å². The van der Waals surface area contributed by atoms with Crippen molar-refractivity contribution in [2.75, 3.05) is 13.2 Å². The highest BCUT2D eigenvalue weighted by Crippen LogP contribution is 2.18. The van der Waals surface area contributed by atoms with E-state index in [1.54, 1.807) is 12.1 Å². The zero-order chi connectivity index (χ0) is 14.8. The van der Waals surface area contributed by atoms with Crippen molar-refractivity contribution < 1.29 is 19.1 Å². The van der Waals surface area contributed by atoms with Crippen molar-refractivity contribution >= 4 is 23.4 Å². The van der Waals surface area contributed by atoms with Crippen LogP contribution in [0.1, 0.15) is 58.9 Å². The number of hydrogen-bond acceptors (Lipinski definition) is 5. The Morgan fingerprint density at radius 1 is 1.25 bits per heavy atom. The van der Waals surface area contributed by atoms with E-state index in [0.717, 1.165) is 25.5 Å². The van der Waals surface area contributed by atoms with Crippen molar-refractivity contribution in [1.29, 1.82) is 0 Å². The molecule has 1 heterocycles. The molecule has 1 aromatic heterocycles. The molecule has 0 saturated carbocycles. The number of rotatable bonds is 11. The quantitative estimate of drug-likeness (QED) is 0.270. The topological polar surface area (TPSA) is 52.6 Å². The summed E-state index contributed by atoms with van der Waals surface area (Å²) in [5.41, 5.74) is 0. The zero-order valence-electron chi connectivity index (χ0n) is 12.1. The summed E-state index contributed by atoms with van der Waals surface area (Å²) in [5, 5.41) is 0. The Labute approximate surface area is 124 Å². The summed E-state index contributed by atoms with van der Waals surface area (Å²) >= 11 is 1.25. The van der Waals surface area contributed by atoms with Gasteiger partial charge >= 0.3 is 0 Å². The summed E-state index contributed by atoms with van der Waals surface area (Å²) in [7, 11) is 0. The van der Waals surface area contributed by atoms with Gasteiger partial charge in [-0.3, -0.25) is 9.59 Å². The van der Waals surface area contributed by atoms with Crippen LogP contribution in [0, 0.1) is 0 Å². The lowest BCUT2D eigenvalue weighted by molar-refractivity contribution is -0.140. The minimum absolute atomic E-state index is 0.104. The maximum absolute atomic E-state index is 11.9. The van der Waals surface area contributed by atoms with E-state index < -0.39 is 0 Å². The van der Waals surface area contributed by atoms with E-state index in [1.807, 2.05) is 13.8 Å². The minimum atomic E-state index is -0.163. The van der Waals surface area contributed by atoms with Crippen molar-refractivity contribution in [1.82, 2.24) is 0 Å². The second kappa shape index (κ2) is 9.80. The fourth-order valence-electron chi connectivity index (χ4n) is 1.87. The van der Waals surface area contributed by atoms with Crippen molar-refractivity contribution in [3.8, 4) is 0 Å². The van der Waals surface area contributed by atoms with Crippen molar-refractivity contribution in [3.05, 3.63) is 21.9 Å². The van der Waals surface area contributed by atoms with Gasteiger partial charge in [0.05, 0.1) is 9.75 Å². The average Bonchev–Trinajstić information content (AvgIpc) is 2.92. The minimum Gasteiger partial charge on any atom is -0.353 e. The zero-order valence-corrected chi connectivity index (χ0v) is 12.9. The number of thiophene rings is 1. The van der Waals surface area contributed by atoms with Gasteiger partial charge in [0, 0.05) is 19.6 Å². The molecular formula is C15H22O4S. The first-order valence-electron chi connectivity index (χ1n) is 7.02. The molecule has 0 aliphatic rings. The molecule has 0 amide bonds. The molecular weight excluding hydrogens is 276 g/mol. The molecule has 0 atom stereocenters. The highest BCUT2D eigenvalue weighted by Gasteiger charge is 2.11. The Kier molecular flexibility index (Phi) is 8.34. The lowest BCUT2D eigenvalue weighted by Gasteiger charge is -2.16. The van der Waals surface area contributed by atoms with Crippen LogP contribution in [0.3, 0.4) is 0 Å². The second-order valence-electron chi connectivity index (χ2n) is 4.33. The number of unbranched alkanes of at least 4 members (excludes halogenated alkanes) is 1. The third-order valence-electron chi connectivity index (χ3n) is 2.82. The van der Waals surface area contributed by atoms with Gasteiger partial charge in [0.2, 0.25) is 0 Å². The molecule has 0 radical (unpaired) electrons. The predicted molar refractivity (Wildman–Crippen MR) is 79.5 cm³/mol. The van der Waals surface area contributed by atoms with E-state index in [-0.39, 0.29) is 12.1 Å². The highest BCUT2D eigenvalue weighted by atomic mass is 32.1. The molecule has 0 fully saturated rings. The van der Waals surface area contributed by atoms with E-state index in [4.69, 9.17) is 9.47 Å². The number of aldehydes is 1. The van der Waals surface area contributed by atoms with E-state index in [0.29, 0.717) is 29.4 Å². The highest BCUT2D eigenvalue weighted by molar-refractivity contribution is 7.15. The van der Waals surface area contributed by atoms with Gasteiger partial charge in [-0.05, 0) is 45.2 Å². The van der Waals surface area contributed by atoms with E-state index in [9.17, 15) is 9.59 Å². The van der Waals surface area contributed by atoms with Gasteiger partial charge in [-0.1, -0.05) is 0 Å². The van der Waals surface area contributed by atoms with Gasteiger partial charge < -0.3 is 9.47 Å². The number of Topliss-reactive ketones (excluding diaryl/α,β-unsaturated/α-hetero) is 1. The third kappa shape index (κ3) is 5.94. The van der Waals surface area contributed by atoms with Crippen molar-refractivity contribution in [2.45, 2.75) is 45.8 Å². The molecule has 0 aliphatic heterocycles. The first-order valence-corrected chi connectivity index (χ1v) is 7.84. The number of ketones is 1. The molecule has 0 unspecified atom stereocenters. The first-order chi connectivity index (χ1) is 9.71. The van der Waals surface area contributed by atoms with Crippen LogP contribution in [-0.2, 0) is 9.47 Å². The van der Waals surface area contributed by atoms with E-state index in [2.05, 4.69) is 0 Å². The maximum atomic E-state index is 11.9. The summed E-state index contributed by atoms with van der Waals surface area (Å²) in [6.45, 7) is 5.15. The first kappa shape index (κ1) is 17.0. The summed E-state index contributed by atoms with van der Waals surface area (Å²) in [6, 6.07) is 3.41. The monoisotopic (exact) mass is 298 g/mol. The van der Waals surface area contributed by atoms with Crippen LogP contribution in [0.5, 0.6) is 0 Å². The Hall–Kier alpha value is -1.04.